The SMILES string of the molecule is Cc1cc(-c2c(CCNP)cccc2CCN(c2ccccc2)c2ccccc2)cc2c1OC13Oc4c(cc(C(C)(C)C)cc4C(C)(C)C)C=[N+]1C1CCCCC1[N+]3=C2. The van der Waals surface area contributed by atoms with Crippen LogP contribution in [0.1, 0.15) is 106 Å². The van der Waals surface area contributed by atoms with Gasteiger partial charge in [0.25, 0.3) is 0 Å². The topological polar surface area (TPSA) is 39.8 Å². The summed E-state index contributed by atoms with van der Waals surface area (Å²) in [7, 11) is 2.68. The fourth-order valence-corrected chi connectivity index (χ4v) is 10.1. The standard InChI is InChI=1S/C52H61N4O2P/c1-35-29-38(47-36(25-27-53-59)17-16-18-37(47)26-28-54(42-19-10-8-11-20-42)43-21-12-9-13-22-43)30-39-33-55-45-23-14-15-24-46(45)56-34-40-31-41(50(2,3)4)32-44(51(5,6)7)49(40)58-52(55,56)57-48(35)39/h8-13,16-22,29-34,45-46,53H,14-15,23-28,59H2,1-7H3/q+2. The predicted molar refractivity (Wildman–Crippen MR) is 246 cm³/mol. The van der Waals surface area contributed by atoms with E-state index in [0.717, 1.165) is 67.0 Å². The van der Waals surface area contributed by atoms with Crippen molar-refractivity contribution in [3.05, 3.63) is 142 Å². The molecule has 304 valence electrons. The average molecular weight is 805 g/mol. The van der Waals surface area contributed by atoms with Crippen molar-refractivity contribution < 1.29 is 18.6 Å². The molecular formula is C52H61N4O2P+2. The maximum Gasteiger partial charge on any atom is 0.704 e. The molecule has 4 aliphatic rings. The number of hydrogen-bond donors (Lipinski definition) is 1. The van der Waals surface area contributed by atoms with Gasteiger partial charge in [-0.05, 0) is 119 Å². The summed E-state index contributed by atoms with van der Waals surface area (Å²) < 4.78 is 19.8. The molecule has 3 aliphatic heterocycles. The van der Waals surface area contributed by atoms with E-state index in [4.69, 9.17) is 9.47 Å². The molecule has 5 aromatic carbocycles. The van der Waals surface area contributed by atoms with Gasteiger partial charge in [-0.3, -0.25) is 0 Å². The highest BCUT2D eigenvalue weighted by Crippen LogP contribution is 2.49. The molecule has 7 heteroatoms. The van der Waals surface area contributed by atoms with Crippen molar-refractivity contribution in [2.45, 2.75) is 116 Å². The fourth-order valence-electron chi connectivity index (χ4n) is 9.98. The van der Waals surface area contributed by atoms with E-state index in [1.54, 1.807) is 0 Å². The maximum atomic E-state index is 7.45. The van der Waals surface area contributed by atoms with Gasteiger partial charge in [0.15, 0.2) is 23.9 Å². The summed E-state index contributed by atoms with van der Waals surface area (Å²) in [6, 6.07) is 37.4. The lowest BCUT2D eigenvalue weighted by Gasteiger charge is -2.33. The van der Waals surface area contributed by atoms with Crippen LogP contribution in [0.5, 0.6) is 11.5 Å². The lowest BCUT2D eigenvalue weighted by Crippen LogP contribution is -2.60. The van der Waals surface area contributed by atoms with Gasteiger partial charge >= 0.3 is 6.03 Å². The van der Waals surface area contributed by atoms with Gasteiger partial charge in [-0.2, -0.15) is 0 Å². The summed E-state index contributed by atoms with van der Waals surface area (Å²) in [5, 5.41) is 3.33. The zero-order valence-corrected chi connectivity index (χ0v) is 37.2. The van der Waals surface area contributed by atoms with Gasteiger partial charge in [0.1, 0.15) is 0 Å². The molecule has 0 bridgehead atoms. The first-order chi connectivity index (χ1) is 28.4. The summed E-state index contributed by atoms with van der Waals surface area (Å²) >= 11 is 0. The number of aryl methyl sites for hydroxylation is 1. The molecule has 2 fully saturated rings. The van der Waals surface area contributed by atoms with Gasteiger partial charge in [0, 0.05) is 42.9 Å². The summed E-state index contributed by atoms with van der Waals surface area (Å²) in [5.74, 6) is 1.84. The highest BCUT2D eigenvalue weighted by atomic mass is 31.0. The molecule has 1 N–H and O–H groups in total. The third-order valence-electron chi connectivity index (χ3n) is 13.0. The molecule has 4 unspecified atom stereocenters. The molecule has 0 aromatic heterocycles. The molecule has 1 spiro atoms. The molecule has 0 radical (unpaired) electrons. The molecule has 9 rings (SSSR count). The van der Waals surface area contributed by atoms with Crippen molar-refractivity contribution in [3.63, 3.8) is 0 Å². The monoisotopic (exact) mass is 804 g/mol. The lowest BCUT2D eigenvalue weighted by molar-refractivity contribution is -0.866. The van der Waals surface area contributed by atoms with Crippen LogP contribution in [-0.2, 0) is 23.7 Å². The van der Waals surface area contributed by atoms with E-state index in [-0.39, 0.29) is 16.9 Å². The van der Waals surface area contributed by atoms with E-state index in [2.05, 4.69) is 193 Å². The molecule has 0 amide bonds. The van der Waals surface area contributed by atoms with Crippen molar-refractivity contribution in [1.82, 2.24) is 5.09 Å². The van der Waals surface area contributed by atoms with Gasteiger partial charge in [-0.25, -0.2) is 0 Å². The summed E-state index contributed by atoms with van der Waals surface area (Å²) in [6.07, 6.45) is 11.2. The molecule has 59 heavy (non-hydrogen) atoms. The largest absolute Gasteiger partial charge is 0.704 e. The molecular weight excluding hydrogens is 744 g/mol. The molecule has 1 aliphatic carbocycles. The number of nitrogens with zero attached hydrogens (tertiary/aromatic N) is 3. The number of rotatable bonds is 9. The van der Waals surface area contributed by atoms with Gasteiger partial charge in [0.2, 0.25) is 12.1 Å². The van der Waals surface area contributed by atoms with Crippen molar-refractivity contribution >= 4 is 33.2 Å². The third-order valence-corrected chi connectivity index (χ3v) is 13.3. The quantitative estimate of drug-likeness (QED) is 0.119. The van der Waals surface area contributed by atoms with Crippen molar-refractivity contribution in [3.8, 4) is 22.6 Å². The van der Waals surface area contributed by atoms with E-state index in [0.29, 0.717) is 6.04 Å². The van der Waals surface area contributed by atoms with Crippen LogP contribution in [0.2, 0.25) is 0 Å². The van der Waals surface area contributed by atoms with Gasteiger partial charge in [-0.1, -0.05) is 121 Å². The molecule has 1 saturated heterocycles. The van der Waals surface area contributed by atoms with Gasteiger partial charge in [0.05, 0.1) is 11.1 Å². The summed E-state index contributed by atoms with van der Waals surface area (Å²) in [5.41, 5.74) is 13.5. The number of hydrogen-bond acceptors (Lipinski definition) is 4. The smallest absolute Gasteiger partial charge is 0.341 e. The van der Waals surface area contributed by atoms with Crippen molar-refractivity contribution in [2.24, 2.45) is 0 Å². The van der Waals surface area contributed by atoms with Crippen LogP contribution in [0.25, 0.3) is 11.1 Å². The van der Waals surface area contributed by atoms with Crippen LogP contribution >= 0.6 is 9.39 Å². The Kier molecular flexibility index (Phi) is 10.3. The number of fused-ring (bicyclic) bond motifs is 5. The number of anilines is 2. The Morgan fingerprint density at radius 1 is 0.695 bits per heavy atom. The Hall–Kier alpha value is -4.77. The molecule has 1 saturated carbocycles. The van der Waals surface area contributed by atoms with Crippen LogP contribution in [-0.4, -0.2) is 52.8 Å². The first kappa shape index (κ1) is 39.7. The zero-order chi connectivity index (χ0) is 41.1. The first-order valence-electron chi connectivity index (χ1n) is 21.8. The number of nitrogens with one attached hydrogen (secondary N) is 1. The van der Waals surface area contributed by atoms with Crippen molar-refractivity contribution in [1.29, 1.82) is 0 Å². The van der Waals surface area contributed by atoms with Crippen LogP contribution < -0.4 is 19.5 Å². The Labute approximate surface area is 354 Å². The Morgan fingerprint density at radius 3 is 1.85 bits per heavy atom. The number of benzene rings is 5. The predicted octanol–water partition coefficient (Wildman–Crippen LogP) is 10.8. The normalized spacial score (nSPS) is 20.5. The van der Waals surface area contributed by atoms with E-state index >= 15 is 0 Å². The highest BCUT2D eigenvalue weighted by Gasteiger charge is 2.76. The third kappa shape index (κ3) is 7.21. The van der Waals surface area contributed by atoms with Gasteiger partial charge in [-0.15, -0.1) is 0 Å². The second-order valence-corrected chi connectivity index (χ2v) is 19.5. The number of ether oxygens (including phenoxy) is 2. The van der Waals surface area contributed by atoms with Crippen LogP contribution in [0, 0.1) is 6.92 Å². The molecule has 5 aromatic rings. The second-order valence-electron chi connectivity index (χ2n) is 19.1. The Balaban J connectivity index is 1.15. The fraction of sp³-hybridized carbons (Fsp3) is 0.385. The van der Waals surface area contributed by atoms with Crippen LogP contribution in [0.3, 0.4) is 0 Å². The van der Waals surface area contributed by atoms with E-state index in [1.165, 1.54) is 57.6 Å². The highest BCUT2D eigenvalue weighted by molar-refractivity contribution is 7.13. The first-order valence-corrected chi connectivity index (χ1v) is 22.3. The summed E-state index contributed by atoms with van der Waals surface area (Å²) in [6.45, 7) is 17.7. The maximum absolute atomic E-state index is 7.45. The lowest BCUT2D eigenvalue weighted by atomic mass is 9.79. The minimum absolute atomic E-state index is 0.0129. The Bertz CT molecular complexity index is 2410. The summed E-state index contributed by atoms with van der Waals surface area (Å²) in [4.78, 5) is 2.44. The number of para-hydroxylation sites is 2. The van der Waals surface area contributed by atoms with E-state index in [9.17, 15) is 0 Å². The second kappa shape index (κ2) is 15.4. The minimum Gasteiger partial charge on any atom is -0.341 e. The zero-order valence-electron chi connectivity index (χ0n) is 36.0. The van der Waals surface area contributed by atoms with Crippen molar-refractivity contribution in [2.75, 3.05) is 18.0 Å². The molecule has 6 nitrogen and oxygen atoms in total. The van der Waals surface area contributed by atoms with E-state index < -0.39 is 6.03 Å². The van der Waals surface area contributed by atoms with Gasteiger partial charge < -0.3 is 19.5 Å². The van der Waals surface area contributed by atoms with Crippen LogP contribution in [0.15, 0.2) is 103 Å². The van der Waals surface area contributed by atoms with E-state index in [1.807, 2.05) is 0 Å². The molecule has 4 atom stereocenters. The minimum atomic E-state index is -1.08. The Morgan fingerprint density at radius 2 is 1.27 bits per heavy atom. The van der Waals surface area contributed by atoms with Crippen LogP contribution in [0.4, 0.5) is 11.4 Å². The molecule has 3 heterocycles. The average Bonchev–Trinajstić information content (AvgIpc) is 3.49.